The van der Waals surface area contributed by atoms with Crippen molar-refractivity contribution in [2.75, 3.05) is 11.9 Å². The van der Waals surface area contributed by atoms with Crippen LogP contribution in [0.1, 0.15) is 23.7 Å². The molecule has 11 heteroatoms. The number of halogens is 2. The Morgan fingerprint density at radius 3 is 2.79 bits per heavy atom. The van der Waals surface area contributed by atoms with E-state index in [0.29, 0.717) is 23.8 Å². The van der Waals surface area contributed by atoms with E-state index < -0.39 is 18.2 Å². The van der Waals surface area contributed by atoms with Gasteiger partial charge in [0.25, 0.3) is 0 Å². The molecule has 0 bridgehead atoms. The minimum atomic E-state index is -1.03. The molecule has 0 radical (unpaired) electrons. The Labute approximate surface area is 193 Å². The number of hydrogen-bond acceptors (Lipinski definition) is 7. The van der Waals surface area contributed by atoms with Crippen molar-refractivity contribution in [3.8, 4) is 11.3 Å². The van der Waals surface area contributed by atoms with E-state index in [-0.39, 0.29) is 11.6 Å². The summed E-state index contributed by atoms with van der Waals surface area (Å²) in [6.45, 7) is 0.0760. The van der Waals surface area contributed by atoms with Crippen LogP contribution in [0.2, 0.25) is 5.02 Å². The van der Waals surface area contributed by atoms with Crippen LogP contribution in [-0.4, -0.2) is 46.0 Å². The number of fused-ring (bicyclic) bond motifs is 1. The van der Waals surface area contributed by atoms with Crippen LogP contribution in [0.25, 0.3) is 11.3 Å². The van der Waals surface area contributed by atoms with Gasteiger partial charge in [-0.3, -0.25) is 4.68 Å². The summed E-state index contributed by atoms with van der Waals surface area (Å²) in [5.74, 6) is 0.614. The number of anilines is 2. The molecule has 0 saturated carbocycles. The Bertz CT molecular complexity index is 1310. The molecule has 5 rings (SSSR count). The van der Waals surface area contributed by atoms with Crippen molar-refractivity contribution < 1.29 is 14.6 Å². The Balaban J connectivity index is 1.38. The molecular formula is C22H21ClFN7O2. The monoisotopic (exact) mass is 469 g/mol. The number of nitrogens with zero attached hydrogens (tertiary/aromatic N) is 6. The molecule has 1 aromatic carbocycles. The highest BCUT2D eigenvalue weighted by atomic mass is 35.5. The van der Waals surface area contributed by atoms with Crippen LogP contribution in [0.5, 0.6) is 0 Å². The number of nitrogens with one attached hydrogen (secondary N) is 1. The maximum Gasteiger partial charge on any atom is 0.228 e. The molecule has 170 valence electrons. The molecule has 2 atom stereocenters. The molecule has 1 aliphatic heterocycles. The number of aliphatic hydroxyl groups excluding tert-OH is 2. The van der Waals surface area contributed by atoms with Crippen molar-refractivity contribution in [2.24, 2.45) is 7.05 Å². The fourth-order valence-electron chi connectivity index (χ4n) is 4.02. The zero-order valence-corrected chi connectivity index (χ0v) is 18.4. The number of benzene rings is 1. The Kier molecular flexibility index (Phi) is 5.59. The lowest BCUT2D eigenvalue weighted by molar-refractivity contribution is -0.0708. The molecule has 0 fully saturated rings. The molecule has 9 nitrogen and oxygen atoms in total. The lowest BCUT2D eigenvalue weighted by Gasteiger charge is -2.29. The van der Waals surface area contributed by atoms with Crippen LogP contribution in [0, 0.1) is 5.82 Å². The van der Waals surface area contributed by atoms with Crippen molar-refractivity contribution in [1.82, 2.24) is 29.2 Å². The van der Waals surface area contributed by atoms with Gasteiger partial charge in [-0.1, -0.05) is 17.7 Å². The molecule has 1 aliphatic rings. The van der Waals surface area contributed by atoms with E-state index in [2.05, 4.69) is 20.4 Å². The van der Waals surface area contributed by atoms with Crippen LogP contribution < -0.4 is 5.32 Å². The number of rotatable bonds is 6. The fourth-order valence-corrected chi connectivity index (χ4v) is 4.14. The van der Waals surface area contributed by atoms with Gasteiger partial charge in [0.1, 0.15) is 11.6 Å². The first-order chi connectivity index (χ1) is 15.9. The Hall–Kier alpha value is -3.31. The van der Waals surface area contributed by atoms with Crippen molar-refractivity contribution in [1.29, 1.82) is 0 Å². The molecular weight excluding hydrogens is 449 g/mol. The summed E-state index contributed by atoms with van der Waals surface area (Å²) in [5, 5.41) is 28.2. The van der Waals surface area contributed by atoms with E-state index in [1.807, 2.05) is 19.2 Å². The van der Waals surface area contributed by atoms with Crippen LogP contribution in [-0.2, 0) is 13.6 Å². The highest BCUT2D eigenvalue weighted by Gasteiger charge is 2.35. The molecule has 0 spiro atoms. The second-order valence-electron chi connectivity index (χ2n) is 7.75. The number of aliphatic hydroxyl groups is 2. The van der Waals surface area contributed by atoms with Crippen LogP contribution in [0.15, 0.2) is 55.0 Å². The largest absolute Gasteiger partial charge is 0.394 e. The molecule has 1 unspecified atom stereocenters. The molecule has 0 saturated heterocycles. The first-order valence-electron chi connectivity index (χ1n) is 10.2. The average Bonchev–Trinajstić information content (AvgIpc) is 3.49. The van der Waals surface area contributed by atoms with E-state index in [9.17, 15) is 14.6 Å². The van der Waals surface area contributed by atoms with Crippen molar-refractivity contribution >= 4 is 23.4 Å². The highest BCUT2D eigenvalue weighted by Crippen LogP contribution is 2.37. The number of aromatic nitrogens is 5. The van der Waals surface area contributed by atoms with Crippen molar-refractivity contribution in [3.63, 3.8) is 0 Å². The van der Waals surface area contributed by atoms with E-state index in [4.69, 9.17) is 11.6 Å². The van der Waals surface area contributed by atoms with E-state index >= 15 is 0 Å². The predicted molar refractivity (Wildman–Crippen MR) is 120 cm³/mol. The normalized spacial score (nSPS) is 16.7. The maximum atomic E-state index is 14.0. The summed E-state index contributed by atoms with van der Waals surface area (Å²) < 4.78 is 17.3. The maximum absolute atomic E-state index is 14.0. The highest BCUT2D eigenvalue weighted by molar-refractivity contribution is 6.30. The van der Waals surface area contributed by atoms with Crippen LogP contribution in [0.3, 0.4) is 0 Å². The van der Waals surface area contributed by atoms with Gasteiger partial charge in [0.15, 0.2) is 6.35 Å². The molecule has 3 N–H and O–H groups in total. The van der Waals surface area contributed by atoms with Gasteiger partial charge in [0, 0.05) is 43.3 Å². The zero-order valence-electron chi connectivity index (χ0n) is 17.6. The SMILES string of the molecule is Cn1nccc1Nc1nccc(-c2cc3n(c2)C(O)N([C@H](CO)c2ccc(Cl)c(F)c2)C3)n1. The topological polar surface area (TPSA) is 104 Å². The first kappa shape index (κ1) is 21.5. The van der Waals surface area contributed by atoms with Gasteiger partial charge in [-0.2, -0.15) is 5.10 Å². The molecule has 33 heavy (non-hydrogen) atoms. The predicted octanol–water partition coefficient (Wildman–Crippen LogP) is 3.21. The molecule has 4 heterocycles. The van der Waals surface area contributed by atoms with Gasteiger partial charge in [-0.25, -0.2) is 19.3 Å². The van der Waals surface area contributed by atoms with Gasteiger partial charge < -0.3 is 20.1 Å². The van der Waals surface area contributed by atoms with Crippen molar-refractivity contribution in [2.45, 2.75) is 18.9 Å². The van der Waals surface area contributed by atoms with Crippen molar-refractivity contribution in [3.05, 3.63) is 77.1 Å². The summed E-state index contributed by atoms with van der Waals surface area (Å²) in [6.07, 6.45) is 4.10. The molecule has 4 aromatic rings. The lowest BCUT2D eigenvalue weighted by Crippen LogP contribution is -2.31. The molecule has 3 aromatic heterocycles. The van der Waals surface area contributed by atoms with Gasteiger partial charge in [-0.05, 0) is 29.8 Å². The summed E-state index contributed by atoms with van der Waals surface area (Å²) >= 11 is 5.78. The lowest BCUT2D eigenvalue weighted by atomic mass is 10.1. The first-order valence-corrected chi connectivity index (χ1v) is 10.6. The smallest absolute Gasteiger partial charge is 0.228 e. The standard InChI is InChI=1S/C22H21ClFN7O2/c1-29-20(5-7-26-29)28-21-25-6-4-18(27-21)14-8-15-11-31(22(33)30(15)10-14)19(12-32)13-2-3-16(23)17(24)9-13/h2-10,19,22,32-33H,11-12H2,1H3,(H,25,27,28)/t19-,22?/m1/s1. The molecule has 0 amide bonds. The third-order valence-electron chi connectivity index (χ3n) is 5.74. The Morgan fingerprint density at radius 1 is 1.24 bits per heavy atom. The molecule has 0 aliphatic carbocycles. The fraction of sp³-hybridized carbons (Fsp3) is 0.227. The van der Waals surface area contributed by atoms with E-state index in [1.54, 1.807) is 44.9 Å². The van der Waals surface area contributed by atoms with Gasteiger partial charge >= 0.3 is 0 Å². The minimum absolute atomic E-state index is 0.00964. The third kappa shape index (κ3) is 3.98. The zero-order chi connectivity index (χ0) is 23.1. The third-order valence-corrected chi connectivity index (χ3v) is 6.04. The van der Waals surface area contributed by atoms with Crippen LogP contribution in [0.4, 0.5) is 16.2 Å². The number of aryl methyl sites for hydroxylation is 1. The average molecular weight is 470 g/mol. The second kappa shape index (κ2) is 8.56. The summed E-state index contributed by atoms with van der Waals surface area (Å²) in [4.78, 5) is 10.5. The van der Waals surface area contributed by atoms with E-state index in [0.717, 1.165) is 17.1 Å². The quantitative estimate of drug-likeness (QED) is 0.398. The Morgan fingerprint density at radius 2 is 2.09 bits per heavy atom. The van der Waals surface area contributed by atoms with Gasteiger partial charge in [0.05, 0.1) is 29.6 Å². The minimum Gasteiger partial charge on any atom is -0.394 e. The number of hydrogen-bond donors (Lipinski definition) is 3. The van der Waals surface area contributed by atoms with E-state index in [1.165, 1.54) is 12.1 Å². The van der Waals surface area contributed by atoms with Crippen LogP contribution >= 0.6 is 11.6 Å². The van der Waals surface area contributed by atoms with Gasteiger partial charge in [-0.15, -0.1) is 0 Å². The summed E-state index contributed by atoms with van der Waals surface area (Å²) in [5.41, 5.74) is 2.88. The van der Waals surface area contributed by atoms with Gasteiger partial charge in [0.2, 0.25) is 5.95 Å². The summed E-state index contributed by atoms with van der Waals surface area (Å²) in [6, 6.07) is 9.32. The summed E-state index contributed by atoms with van der Waals surface area (Å²) in [7, 11) is 1.82. The second-order valence-corrected chi connectivity index (χ2v) is 8.16.